The van der Waals surface area contributed by atoms with E-state index < -0.39 is 12.0 Å². The Labute approximate surface area is 162 Å². The number of rotatable bonds is 7. The number of esters is 1. The van der Waals surface area contributed by atoms with Crippen molar-refractivity contribution < 1.29 is 23.3 Å². The average molecular weight is 382 g/mol. The lowest BCUT2D eigenvalue weighted by molar-refractivity contribution is -0.148. The summed E-state index contributed by atoms with van der Waals surface area (Å²) in [4.78, 5) is 25.1. The summed E-state index contributed by atoms with van der Waals surface area (Å²) in [5.74, 6) is 0.00572. The summed E-state index contributed by atoms with van der Waals surface area (Å²) < 4.78 is 15.8. The summed E-state index contributed by atoms with van der Waals surface area (Å²) in [6, 6.07) is 11.6. The van der Waals surface area contributed by atoms with Gasteiger partial charge in [0.2, 0.25) is 5.76 Å². The Hall–Kier alpha value is -3.35. The molecule has 1 N–H and O–H groups in total. The van der Waals surface area contributed by atoms with Crippen LogP contribution in [0.3, 0.4) is 0 Å². The van der Waals surface area contributed by atoms with Crippen LogP contribution in [0.15, 0.2) is 57.7 Å². The molecule has 0 aliphatic heterocycles. The maximum Gasteiger partial charge on any atom is 0.329 e. The smallest absolute Gasteiger partial charge is 0.329 e. The molecular formula is C21H22N2O5. The van der Waals surface area contributed by atoms with E-state index in [4.69, 9.17) is 13.7 Å². The van der Waals surface area contributed by atoms with Crippen molar-refractivity contribution in [2.75, 3.05) is 0 Å². The van der Waals surface area contributed by atoms with Crippen LogP contribution in [0.2, 0.25) is 0 Å². The van der Waals surface area contributed by atoms with Gasteiger partial charge >= 0.3 is 5.97 Å². The van der Waals surface area contributed by atoms with Crippen molar-refractivity contribution in [1.29, 1.82) is 0 Å². The third-order valence-electron chi connectivity index (χ3n) is 4.28. The third kappa shape index (κ3) is 4.49. The molecule has 0 aliphatic rings. The topological polar surface area (TPSA) is 94.6 Å². The van der Waals surface area contributed by atoms with E-state index in [0.29, 0.717) is 22.8 Å². The molecule has 3 rings (SSSR count). The molecule has 1 atom stereocenters. The third-order valence-corrected chi connectivity index (χ3v) is 4.28. The highest BCUT2D eigenvalue weighted by Gasteiger charge is 2.27. The van der Waals surface area contributed by atoms with Crippen molar-refractivity contribution >= 4 is 11.9 Å². The molecule has 0 bridgehead atoms. The van der Waals surface area contributed by atoms with Gasteiger partial charge in [0.05, 0.1) is 6.26 Å². The number of benzene rings is 1. The summed E-state index contributed by atoms with van der Waals surface area (Å²) in [6.45, 7) is 5.47. The van der Waals surface area contributed by atoms with E-state index in [-0.39, 0.29) is 18.4 Å². The minimum Gasteiger partial charge on any atom is -0.461 e. The molecule has 0 saturated carbocycles. The zero-order chi connectivity index (χ0) is 20.1. The summed E-state index contributed by atoms with van der Waals surface area (Å²) in [7, 11) is 0. The minimum absolute atomic E-state index is 0.0630. The first-order valence-electron chi connectivity index (χ1n) is 8.98. The SMILES string of the molecule is Cc1ccccc1C(=O)N[C@H](C(=O)OCc1cc(-c2ccco2)on1)C(C)C. The van der Waals surface area contributed by atoms with Crippen LogP contribution in [0, 0.1) is 12.8 Å². The summed E-state index contributed by atoms with van der Waals surface area (Å²) >= 11 is 0. The molecule has 7 heteroatoms. The number of aromatic nitrogens is 1. The van der Waals surface area contributed by atoms with Crippen LogP contribution < -0.4 is 5.32 Å². The first-order valence-corrected chi connectivity index (χ1v) is 8.98. The van der Waals surface area contributed by atoms with Gasteiger partial charge in [-0.25, -0.2) is 4.79 Å². The number of carbonyl (C=O) groups is 2. The first kappa shape index (κ1) is 19.4. The number of hydrogen-bond donors (Lipinski definition) is 1. The van der Waals surface area contributed by atoms with Crippen molar-refractivity contribution in [3.05, 3.63) is 65.5 Å². The highest BCUT2D eigenvalue weighted by Crippen LogP contribution is 2.21. The van der Waals surface area contributed by atoms with Gasteiger partial charge in [0.25, 0.3) is 5.91 Å². The Bertz CT molecular complexity index is 943. The summed E-state index contributed by atoms with van der Waals surface area (Å²) in [5.41, 5.74) is 1.82. The molecule has 7 nitrogen and oxygen atoms in total. The van der Waals surface area contributed by atoms with Crippen molar-refractivity contribution in [3.63, 3.8) is 0 Å². The van der Waals surface area contributed by atoms with Crippen LogP contribution in [0.25, 0.3) is 11.5 Å². The molecule has 146 valence electrons. The number of ether oxygens (including phenoxy) is 1. The molecule has 2 aromatic heterocycles. The van der Waals surface area contributed by atoms with Crippen molar-refractivity contribution in [1.82, 2.24) is 10.5 Å². The van der Waals surface area contributed by atoms with Crippen LogP contribution in [-0.4, -0.2) is 23.1 Å². The molecule has 1 amide bonds. The highest BCUT2D eigenvalue weighted by molar-refractivity contribution is 5.98. The van der Waals surface area contributed by atoms with E-state index in [1.165, 1.54) is 6.26 Å². The number of carbonyl (C=O) groups excluding carboxylic acids is 2. The number of nitrogens with zero attached hydrogens (tertiary/aromatic N) is 1. The maximum atomic E-state index is 12.5. The Balaban J connectivity index is 1.62. The van der Waals surface area contributed by atoms with Gasteiger partial charge < -0.3 is 19.0 Å². The number of aryl methyl sites for hydroxylation is 1. The molecule has 28 heavy (non-hydrogen) atoms. The second kappa shape index (κ2) is 8.56. The van der Waals surface area contributed by atoms with E-state index in [1.54, 1.807) is 30.3 Å². The van der Waals surface area contributed by atoms with E-state index >= 15 is 0 Å². The van der Waals surface area contributed by atoms with E-state index in [2.05, 4.69) is 10.5 Å². The van der Waals surface area contributed by atoms with Gasteiger partial charge in [-0.15, -0.1) is 0 Å². The molecule has 0 radical (unpaired) electrons. The normalized spacial score (nSPS) is 12.0. The predicted octanol–water partition coefficient (Wildman–Crippen LogP) is 3.74. The highest BCUT2D eigenvalue weighted by atomic mass is 16.5. The lowest BCUT2D eigenvalue weighted by atomic mass is 10.0. The van der Waals surface area contributed by atoms with Crippen LogP contribution >= 0.6 is 0 Å². The second-order valence-electron chi connectivity index (χ2n) is 6.78. The molecule has 0 saturated heterocycles. The van der Waals surface area contributed by atoms with Gasteiger partial charge in [-0.2, -0.15) is 0 Å². The van der Waals surface area contributed by atoms with Crippen LogP contribution in [-0.2, 0) is 16.1 Å². The van der Waals surface area contributed by atoms with Crippen LogP contribution in [0.1, 0.15) is 35.5 Å². The van der Waals surface area contributed by atoms with Crippen LogP contribution in [0.5, 0.6) is 0 Å². The van der Waals surface area contributed by atoms with Gasteiger partial charge in [0, 0.05) is 11.6 Å². The molecular weight excluding hydrogens is 360 g/mol. The van der Waals surface area contributed by atoms with Gasteiger partial charge in [0.1, 0.15) is 18.3 Å². The Kier molecular flexibility index (Phi) is 5.93. The van der Waals surface area contributed by atoms with Gasteiger partial charge in [-0.1, -0.05) is 37.2 Å². The number of nitrogens with one attached hydrogen (secondary N) is 1. The molecule has 0 fully saturated rings. The Morgan fingerprint density at radius 3 is 2.61 bits per heavy atom. The van der Waals surface area contributed by atoms with E-state index in [1.807, 2.05) is 32.9 Å². The average Bonchev–Trinajstić information content (AvgIpc) is 3.35. The van der Waals surface area contributed by atoms with E-state index in [9.17, 15) is 9.59 Å². The Morgan fingerprint density at radius 1 is 1.14 bits per heavy atom. The monoisotopic (exact) mass is 382 g/mol. The number of hydrogen-bond acceptors (Lipinski definition) is 6. The van der Waals surface area contributed by atoms with Crippen molar-refractivity contribution in [3.8, 4) is 11.5 Å². The van der Waals surface area contributed by atoms with Gasteiger partial charge in [0.15, 0.2) is 5.76 Å². The second-order valence-corrected chi connectivity index (χ2v) is 6.78. The number of amides is 1. The molecule has 2 heterocycles. The molecule has 0 unspecified atom stereocenters. The van der Waals surface area contributed by atoms with Crippen molar-refractivity contribution in [2.24, 2.45) is 5.92 Å². The first-order chi connectivity index (χ1) is 13.5. The quantitative estimate of drug-likeness (QED) is 0.626. The minimum atomic E-state index is -0.774. The summed E-state index contributed by atoms with van der Waals surface area (Å²) in [6.07, 6.45) is 1.53. The molecule has 0 spiro atoms. The van der Waals surface area contributed by atoms with Crippen molar-refractivity contribution in [2.45, 2.75) is 33.4 Å². The molecule has 0 aliphatic carbocycles. The van der Waals surface area contributed by atoms with Crippen LogP contribution in [0.4, 0.5) is 0 Å². The fourth-order valence-electron chi connectivity index (χ4n) is 2.69. The largest absolute Gasteiger partial charge is 0.461 e. The number of furan rings is 1. The zero-order valence-electron chi connectivity index (χ0n) is 16.0. The molecule has 3 aromatic rings. The summed E-state index contributed by atoms with van der Waals surface area (Å²) in [5, 5.41) is 6.63. The predicted molar refractivity (Wildman–Crippen MR) is 101 cm³/mol. The lowest BCUT2D eigenvalue weighted by Gasteiger charge is -2.21. The fraction of sp³-hybridized carbons (Fsp3) is 0.286. The molecule has 1 aromatic carbocycles. The Morgan fingerprint density at radius 2 is 1.93 bits per heavy atom. The lowest BCUT2D eigenvalue weighted by Crippen LogP contribution is -2.45. The standard InChI is InChI=1S/C21H22N2O5/c1-13(2)19(22-20(24)16-8-5-4-7-14(16)3)21(25)27-12-15-11-18(28-23-15)17-9-6-10-26-17/h4-11,13,19H,12H2,1-3H3,(H,22,24)/t19-/m0/s1. The zero-order valence-corrected chi connectivity index (χ0v) is 16.0. The van der Waals surface area contributed by atoms with Gasteiger partial charge in [-0.3, -0.25) is 4.79 Å². The maximum absolute atomic E-state index is 12.5. The van der Waals surface area contributed by atoms with Gasteiger partial charge in [-0.05, 0) is 36.6 Å². The van der Waals surface area contributed by atoms with E-state index in [0.717, 1.165) is 5.56 Å². The fourth-order valence-corrected chi connectivity index (χ4v) is 2.69.